The molecule has 0 spiro atoms. The molecule has 8 N–H and O–H groups in total. The van der Waals surface area contributed by atoms with E-state index in [1.54, 1.807) is 24.3 Å². The number of aromatic nitrogens is 1. The van der Waals surface area contributed by atoms with E-state index in [9.17, 15) is 4.79 Å². The number of carbonyl (C=O) groups excluding carboxylic acids is 1. The van der Waals surface area contributed by atoms with Crippen molar-refractivity contribution >= 4 is 17.4 Å². The zero-order valence-corrected chi connectivity index (χ0v) is 11.7. The van der Waals surface area contributed by atoms with Crippen molar-refractivity contribution in [3.63, 3.8) is 0 Å². The van der Waals surface area contributed by atoms with Crippen LogP contribution in [0.15, 0.2) is 54.2 Å². The van der Waals surface area contributed by atoms with Crippen LogP contribution in [0.2, 0.25) is 0 Å². The van der Waals surface area contributed by atoms with E-state index in [4.69, 9.17) is 27.3 Å². The van der Waals surface area contributed by atoms with Crippen LogP contribution in [0, 0.1) is 0 Å². The number of rotatable bonds is 5. The number of hydrogen-bond donors (Lipinski definition) is 4. The first-order valence-corrected chi connectivity index (χ1v) is 6.36. The molecular weight excluding hydrogens is 282 g/mol. The smallest absolute Gasteiger partial charge is 0.278 e. The minimum atomic E-state index is -0.804. The molecule has 0 atom stereocenters. The van der Waals surface area contributed by atoms with Gasteiger partial charge in [-0.2, -0.15) is 0 Å². The van der Waals surface area contributed by atoms with E-state index >= 15 is 0 Å². The first-order valence-electron chi connectivity index (χ1n) is 6.36. The molecule has 112 valence electrons. The summed E-state index contributed by atoms with van der Waals surface area (Å²) in [7, 11) is 0. The van der Waals surface area contributed by atoms with Gasteiger partial charge in [-0.15, -0.1) is 0 Å². The highest BCUT2D eigenvalue weighted by molar-refractivity contribution is 6.22. The fourth-order valence-corrected chi connectivity index (χ4v) is 1.78. The molecule has 1 aromatic carbocycles. The van der Waals surface area contributed by atoms with Gasteiger partial charge in [-0.3, -0.25) is 15.9 Å². The second-order valence-corrected chi connectivity index (χ2v) is 4.41. The molecule has 0 saturated heterocycles. The lowest BCUT2D eigenvalue weighted by atomic mass is 10.1. The molecule has 0 bridgehead atoms. The van der Waals surface area contributed by atoms with Gasteiger partial charge in [0.05, 0.1) is 5.70 Å². The number of carbonyl (C=O) groups is 1. The second-order valence-electron chi connectivity index (χ2n) is 4.41. The van der Waals surface area contributed by atoms with Crippen molar-refractivity contribution in [2.75, 3.05) is 0 Å². The van der Waals surface area contributed by atoms with Crippen molar-refractivity contribution in [2.24, 2.45) is 17.2 Å². The maximum atomic E-state index is 11.3. The van der Waals surface area contributed by atoms with Gasteiger partial charge in [0.15, 0.2) is 5.57 Å². The topological polar surface area (TPSA) is 143 Å². The van der Waals surface area contributed by atoms with E-state index in [1.807, 2.05) is 18.2 Å². The lowest BCUT2D eigenvalue weighted by Gasteiger charge is -2.07. The van der Waals surface area contributed by atoms with Crippen molar-refractivity contribution in [2.45, 2.75) is 0 Å². The molecule has 2 rings (SSSR count). The summed E-state index contributed by atoms with van der Waals surface area (Å²) in [5.74, 6) is -0.00609. The Kier molecular flexibility index (Phi) is 4.38. The Hall–Kier alpha value is -3.35. The number of amides is 1. The number of nitrogens with zero attached hydrogens (tertiary/aromatic N) is 1. The number of nitrogens with two attached hydrogens (primary N) is 4. The molecule has 7 nitrogen and oxygen atoms in total. The summed E-state index contributed by atoms with van der Waals surface area (Å²) in [6.07, 6.45) is 1.44. The number of benzene rings is 1. The van der Waals surface area contributed by atoms with Gasteiger partial charge in [0, 0.05) is 17.8 Å². The van der Waals surface area contributed by atoms with Gasteiger partial charge in [0.1, 0.15) is 5.75 Å². The first-order chi connectivity index (χ1) is 10.5. The van der Waals surface area contributed by atoms with Crippen LogP contribution in [0.4, 0.5) is 0 Å². The van der Waals surface area contributed by atoms with E-state index < -0.39 is 5.91 Å². The highest BCUT2D eigenvalue weighted by Gasteiger charge is 2.19. The molecule has 1 aromatic heterocycles. The summed E-state index contributed by atoms with van der Waals surface area (Å²) in [6, 6.07) is 12.4. The minimum Gasteiger partial charge on any atom is -0.439 e. The summed E-state index contributed by atoms with van der Waals surface area (Å²) < 4.78 is 5.55. The highest BCUT2D eigenvalue weighted by atomic mass is 16.5. The van der Waals surface area contributed by atoms with Crippen LogP contribution in [0.25, 0.3) is 5.70 Å². The van der Waals surface area contributed by atoms with Crippen LogP contribution in [0.3, 0.4) is 0 Å². The van der Waals surface area contributed by atoms with E-state index in [0.29, 0.717) is 17.2 Å². The molecule has 22 heavy (non-hydrogen) atoms. The number of primary amides is 1. The SMILES string of the molecule is NC(=[NH2+])C(C(N)=O)=C(N)c1ccc(Oc2ccccc2)nc1. The van der Waals surface area contributed by atoms with Gasteiger partial charge in [-0.05, 0) is 18.2 Å². The zero-order chi connectivity index (χ0) is 16.1. The maximum Gasteiger partial charge on any atom is 0.278 e. The summed E-state index contributed by atoms with van der Waals surface area (Å²) in [4.78, 5) is 15.4. The standard InChI is InChI=1S/C15H15N5O2/c16-13(12(14(17)18)15(19)21)9-6-7-11(20-8-9)22-10-4-2-1-3-5-10/h1-8H,16H2,(H3,17,18)(H2,19,21)/p+1. The van der Waals surface area contributed by atoms with Crippen LogP contribution in [-0.2, 0) is 4.79 Å². The van der Waals surface area contributed by atoms with Gasteiger partial charge in [-0.25, -0.2) is 4.98 Å². The molecule has 7 heteroatoms. The largest absolute Gasteiger partial charge is 0.439 e. The third kappa shape index (κ3) is 3.40. The summed E-state index contributed by atoms with van der Waals surface area (Å²) in [6.45, 7) is 0. The quantitative estimate of drug-likeness (QED) is 0.323. The molecule has 1 heterocycles. The summed E-state index contributed by atoms with van der Waals surface area (Å²) >= 11 is 0. The first kappa shape index (κ1) is 15.0. The molecule has 0 aliphatic carbocycles. The average Bonchev–Trinajstić information content (AvgIpc) is 2.48. The Labute approximate surface area is 126 Å². The lowest BCUT2D eigenvalue weighted by molar-refractivity contribution is -0.120. The van der Waals surface area contributed by atoms with Crippen LogP contribution < -0.4 is 27.3 Å². The van der Waals surface area contributed by atoms with E-state index in [0.717, 1.165) is 0 Å². The Bertz CT molecular complexity index is 707. The normalized spacial score (nSPS) is 11.5. The van der Waals surface area contributed by atoms with Crippen LogP contribution in [0.5, 0.6) is 11.6 Å². The molecule has 0 unspecified atom stereocenters. The van der Waals surface area contributed by atoms with Gasteiger partial charge in [0.25, 0.3) is 11.7 Å². The number of amidine groups is 1. The number of ether oxygens (including phenoxy) is 1. The Balaban J connectivity index is 2.27. The molecule has 0 saturated carbocycles. The fraction of sp³-hybridized carbons (Fsp3) is 0. The molecule has 0 fully saturated rings. The zero-order valence-electron chi connectivity index (χ0n) is 11.7. The Morgan fingerprint density at radius 1 is 1.05 bits per heavy atom. The summed E-state index contributed by atoms with van der Waals surface area (Å²) in [5, 5.41) is 5.42. The number of para-hydroxylation sites is 1. The van der Waals surface area contributed by atoms with Crippen LogP contribution in [0.1, 0.15) is 5.56 Å². The predicted molar refractivity (Wildman–Crippen MR) is 82.2 cm³/mol. The van der Waals surface area contributed by atoms with Crippen molar-refractivity contribution in [3.05, 3.63) is 59.8 Å². The molecule has 1 amide bonds. The Morgan fingerprint density at radius 3 is 2.23 bits per heavy atom. The van der Waals surface area contributed by atoms with E-state index in [1.165, 1.54) is 6.20 Å². The van der Waals surface area contributed by atoms with Gasteiger partial charge < -0.3 is 16.2 Å². The predicted octanol–water partition coefficient (Wildman–Crippen LogP) is -0.855. The third-order valence-electron chi connectivity index (χ3n) is 2.82. The van der Waals surface area contributed by atoms with Crippen molar-refractivity contribution in [3.8, 4) is 11.6 Å². The third-order valence-corrected chi connectivity index (χ3v) is 2.82. The molecule has 0 radical (unpaired) electrons. The second kappa shape index (κ2) is 6.40. The average molecular weight is 298 g/mol. The number of pyridine rings is 1. The van der Waals surface area contributed by atoms with Crippen LogP contribution in [-0.4, -0.2) is 16.7 Å². The van der Waals surface area contributed by atoms with Crippen molar-refractivity contribution in [1.29, 1.82) is 0 Å². The Morgan fingerprint density at radius 2 is 1.73 bits per heavy atom. The van der Waals surface area contributed by atoms with E-state index in [2.05, 4.69) is 4.98 Å². The van der Waals surface area contributed by atoms with Gasteiger partial charge in [-0.1, -0.05) is 18.2 Å². The van der Waals surface area contributed by atoms with Crippen LogP contribution >= 0.6 is 0 Å². The monoisotopic (exact) mass is 298 g/mol. The van der Waals surface area contributed by atoms with Gasteiger partial charge >= 0.3 is 0 Å². The summed E-state index contributed by atoms with van der Waals surface area (Å²) in [5.41, 5.74) is 16.9. The maximum absolute atomic E-state index is 11.3. The molecule has 0 aliphatic rings. The molecular formula is C15H16N5O2+. The fourth-order valence-electron chi connectivity index (χ4n) is 1.78. The highest BCUT2D eigenvalue weighted by Crippen LogP contribution is 2.20. The number of hydrogen-bond acceptors (Lipinski definition) is 4. The minimum absolute atomic E-state index is 0.0614. The van der Waals surface area contributed by atoms with Crippen molar-refractivity contribution < 1.29 is 14.9 Å². The van der Waals surface area contributed by atoms with E-state index in [-0.39, 0.29) is 17.1 Å². The van der Waals surface area contributed by atoms with Crippen molar-refractivity contribution in [1.82, 2.24) is 4.98 Å². The lowest BCUT2D eigenvalue weighted by Crippen LogP contribution is -2.50. The molecule has 0 aliphatic heterocycles. The molecule has 2 aromatic rings. The van der Waals surface area contributed by atoms with Gasteiger partial charge in [0.2, 0.25) is 5.88 Å².